The number of aromatic nitrogens is 2. The van der Waals surface area contributed by atoms with E-state index in [1.54, 1.807) is 0 Å². The number of rotatable bonds is 9. The summed E-state index contributed by atoms with van der Waals surface area (Å²) in [6.45, 7) is 21.8. The number of carbonyl (C=O) groups excluding carboxylic acids is 1. The van der Waals surface area contributed by atoms with Crippen LogP contribution in [0.25, 0.3) is 0 Å². The van der Waals surface area contributed by atoms with Crippen LogP contribution in [0.3, 0.4) is 0 Å². The van der Waals surface area contributed by atoms with Gasteiger partial charge < -0.3 is 18.9 Å². The smallest absolute Gasteiger partial charge is 0.351 e. The van der Waals surface area contributed by atoms with Crippen LogP contribution in [-0.4, -0.2) is 56.8 Å². The molecule has 0 spiro atoms. The van der Waals surface area contributed by atoms with Gasteiger partial charge in [0, 0.05) is 12.6 Å². The number of hydrogen-bond donors (Lipinski definition) is 1. The molecule has 2 rings (SSSR count). The van der Waals surface area contributed by atoms with Gasteiger partial charge in [-0.3, -0.25) is 9.36 Å². The van der Waals surface area contributed by atoms with Gasteiger partial charge in [-0.15, -0.1) is 0 Å². The lowest BCUT2D eigenvalue weighted by molar-refractivity contribution is -0.138. The number of halogens is 2. The number of amides is 1. The summed E-state index contributed by atoms with van der Waals surface area (Å²) in [5, 5.41) is 2.07. The van der Waals surface area contributed by atoms with Gasteiger partial charge in [0.15, 0.2) is 16.6 Å². The molecule has 3 atom stereocenters. The van der Waals surface area contributed by atoms with Gasteiger partial charge in [0.25, 0.3) is 0 Å². The number of carbonyl (C=O) groups is 1. The zero-order valence-corrected chi connectivity index (χ0v) is 26.2. The average Bonchev–Trinajstić information content (AvgIpc) is 2.95. The van der Waals surface area contributed by atoms with Crippen molar-refractivity contribution in [1.82, 2.24) is 9.55 Å². The van der Waals surface area contributed by atoms with Gasteiger partial charge in [0.2, 0.25) is 12.1 Å². The van der Waals surface area contributed by atoms with Gasteiger partial charge in [-0.2, -0.15) is 13.8 Å². The van der Waals surface area contributed by atoms with E-state index in [1.165, 1.54) is 12.3 Å². The molecular formula is C25H45F2N3O5Si2. The SMILES string of the molecule is CCCC(=O)Nc1ccn(C2OC(CO[Si](C)(C)C(C)(C)C)C(O[Si](C)(C)C(C)(C)C)C2(F)F)c(=O)n1. The van der Waals surface area contributed by atoms with E-state index >= 15 is 8.78 Å². The predicted molar refractivity (Wildman–Crippen MR) is 146 cm³/mol. The fourth-order valence-electron chi connectivity index (χ4n) is 3.34. The monoisotopic (exact) mass is 561 g/mol. The van der Waals surface area contributed by atoms with Gasteiger partial charge in [-0.25, -0.2) is 4.79 Å². The third-order valence-electron chi connectivity index (χ3n) is 7.82. The van der Waals surface area contributed by atoms with Crippen LogP contribution < -0.4 is 11.0 Å². The van der Waals surface area contributed by atoms with Crippen molar-refractivity contribution in [2.75, 3.05) is 11.9 Å². The standard InChI is InChI=1S/C25H45F2N3O5Si2/c1-12-13-19(31)28-18-14-15-30(22(32)29-18)21-25(26,27)20(35-37(10,11)24(5,6)7)17(34-21)16-33-36(8,9)23(2,3)4/h14-15,17,20-21H,12-13,16H2,1-11H3,(H,28,29,31,32). The Balaban J connectivity index is 2.43. The molecule has 1 amide bonds. The highest BCUT2D eigenvalue weighted by molar-refractivity contribution is 6.74. The molecule has 8 nitrogen and oxygen atoms in total. The van der Waals surface area contributed by atoms with E-state index in [9.17, 15) is 9.59 Å². The van der Waals surface area contributed by atoms with Crippen molar-refractivity contribution in [2.45, 2.75) is 122 Å². The zero-order valence-electron chi connectivity index (χ0n) is 24.2. The first kappa shape index (κ1) is 31.7. The summed E-state index contributed by atoms with van der Waals surface area (Å²) >= 11 is 0. The molecule has 0 aromatic carbocycles. The van der Waals surface area contributed by atoms with E-state index in [0.29, 0.717) is 6.42 Å². The zero-order chi connectivity index (χ0) is 28.6. The van der Waals surface area contributed by atoms with E-state index in [2.05, 4.69) is 31.1 Å². The van der Waals surface area contributed by atoms with Gasteiger partial charge in [-0.1, -0.05) is 48.5 Å². The Bertz CT molecular complexity index is 1020. The lowest BCUT2D eigenvalue weighted by Crippen LogP contribution is -2.53. The molecule has 1 aromatic heterocycles. The second-order valence-corrected chi connectivity index (χ2v) is 22.4. The Hall–Kier alpha value is -1.48. The average molecular weight is 562 g/mol. The van der Waals surface area contributed by atoms with Gasteiger partial charge in [0.1, 0.15) is 18.0 Å². The Kier molecular flexibility index (Phi) is 9.39. The van der Waals surface area contributed by atoms with Crippen molar-refractivity contribution in [1.29, 1.82) is 0 Å². The number of nitrogens with one attached hydrogen (secondary N) is 1. The third-order valence-corrected chi connectivity index (χ3v) is 16.8. The van der Waals surface area contributed by atoms with Crippen LogP contribution in [0, 0.1) is 0 Å². The van der Waals surface area contributed by atoms with Gasteiger partial charge >= 0.3 is 11.6 Å². The molecular weight excluding hydrogens is 516 g/mol. The van der Waals surface area contributed by atoms with E-state index in [-0.39, 0.29) is 34.8 Å². The highest BCUT2D eigenvalue weighted by Crippen LogP contribution is 2.48. The van der Waals surface area contributed by atoms with Crippen molar-refractivity contribution in [3.63, 3.8) is 0 Å². The first-order valence-corrected chi connectivity index (χ1v) is 18.7. The minimum Gasteiger partial charge on any atom is -0.414 e. The molecule has 2 heterocycles. The number of hydrogen-bond acceptors (Lipinski definition) is 6. The first-order chi connectivity index (χ1) is 16.6. The predicted octanol–water partition coefficient (Wildman–Crippen LogP) is 5.93. The highest BCUT2D eigenvalue weighted by Gasteiger charge is 2.63. The normalized spacial score (nSPS) is 22.8. The van der Waals surface area contributed by atoms with Crippen LogP contribution in [0.2, 0.25) is 36.3 Å². The summed E-state index contributed by atoms with van der Waals surface area (Å²) in [4.78, 5) is 28.4. The fraction of sp³-hybridized carbons (Fsp3) is 0.800. The molecule has 0 bridgehead atoms. The molecule has 0 saturated carbocycles. The van der Waals surface area contributed by atoms with Crippen LogP contribution in [0.15, 0.2) is 17.1 Å². The molecule has 1 aromatic rings. The quantitative estimate of drug-likeness (QED) is 0.376. The van der Waals surface area contributed by atoms with Gasteiger partial charge in [0.05, 0.1) is 6.61 Å². The number of anilines is 1. The van der Waals surface area contributed by atoms with Crippen LogP contribution in [0.4, 0.5) is 14.6 Å². The lowest BCUT2D eigenvalue weighted by atomic mass is 10.1. The molecule has 37 heavy (non-hydrogen) atoms. The molecule has 3 unspecified atom stereocenters. The maximum absolute atomic E-state index is 16.0. The summed E-state index contributed by atoms with van der Waals surface area (Å²) in [5.41, 5.74) is -0.948. The molecule has 0 radical (unpaired) electrons. The largest absolute Gasteiger partial charge is 0.414 e. The number of ether oxygens (including phenoxy) is 1. The molecule has 1 aliphatic heterocycles. The molecule has 0 aliphatic carbocycles. The molecule has 1 saturated heterocycles. The number of alkyl halides is 2. The van der Waals surface area contributed by atoms with Crippen molar-refractivity contribution >= 4 is 28.4 Å². The Morgan fingerprint density at radius 2 is 1.70 bits per heavy atom. The van der Waals surface area contributed by atoms with Crippen molar-refractivity contribution in [3.05, 3.63) is 22.7 Å². The summed E-state index contributed by atoms with van der Waals surface area (Å²) < 4.78 is 51.2. The lowest BCUT2D eigenvalue weighted by Gasteiger charge is -2.41. The van der Waals surface area contributed by atoms with E-state index < -0.39 is 46.7 Å². The van der Waals surface area contributed by atoms with Crippen molar-refractivity contribution < 1.29 is 27.2 Å². The summed E-state index contributed by atoms with van der Waals surface area (Å²) in [6, 6.07) is 1.32. The first-order valence-electron chi connectivity index (χ1n) is 12.9. The minimum absolute atomic E-state index is 0.00731. The van der Waals surface area contributed by atoms with Crippen LogP contribution in [0.1, 0.15) is 67.5 Å². The Morgan fingerprint density at radius 3 is 2.19 bits per heavy atom. The van der Waals surface area contributed by atoms with Crippen LogP contribution >= 0.6 is 0 Å². The Labute approximate surface area is 221 Å². The van der Waals surface area contributed by atoms with Crippen LogP contribution in [0.5, 0.6) is 0 Å². The van der Waals surface area contributed by atoms with Gasteiger partial charge in [-0.05, 0) is 48.8 Å². The topological polar surface area (TPSA) is 91.7 Å². The van der Waals surface area contributed by atoms with E-state index in [0.717, 1.165) is 4.57 Å². The molecule has 1 N–H and O–H groups in total. The second kappa shape index (κ2) is 11.0. The van der Waals surface area contributed by atoms with E-state index in [1.807, 2.05) is 53.9 Å². The highest BCUT2D eigenvalue weighted by atomic mass is 28.4. The van der Waals surface area contributed by atoms with E-state index in [4.69, 9.17) is 13.6 Å². The third kappa shape index (κ3) is 7.14. The summed E-state index contributed by atoms with van der Waals surface area (Å²) in [7, 11) is -4.92. The second-order valence-electron chi connectivity index (χ2n) is 12.9. The Morgan fingerprint density at radius 1 is 1.14 bits per heavy atom. The molecule has 12 heteroatoms. The number of nitrogens with zero attached hydrogens (tertiary/aromatic N) is 2. The fourth-order valence-corrected chi connectivity index (χ4v) is 5.65. The minimum atomic E-state index is -3.53. The maximum atomic E-state index is 16.0. The van der Waals surface area contributed by atoms with Crippen LogP contribution in [-0.2, 0) is 18.4 Å². The molecule has 212 valence electrons. The summed E-state index contributed by atoms with van der Waals surface area (Å²) in [6.07, 6.45) is -2.54. The maximum Gasteiger partial charge on any atom is 0.351 e. The van der Waals surface area contributed by atoms with Crippen molar-refractivity contribution in [3.8, 4) is 0 Å². The molecule has 1 fully saturated rings. The summed E-state index contributed by atoms with van der Waals surface area (Å²) in [5.74, 6) is -3.83. The molecule has 1 aliphatic rings. The van der Waals surface area contributed by atoms with Crippen molar-refractivity contribution in [2.24, 2.45) is 0 Å².